The molecule has 1 aromatic heterocycles. The number of carbonyl (C=O) groups excluding carboxylic acids is 1. The quantitative estimate of drug-likeness (QED) is 0.859. The molecule has 0 radical (unpaired) electrons. The van der Waals surface area contributed by atoms with Crippen LogP contribution in [-0.4, -0.2) is 10.9 Å². The summed E-state index contributed by atoms with van der Waals surface area (Å²) in [6.07, 6.45) is 1.57. The molecule has 0 aliphatic rings. The van der Waals surface area contributed by atoms with E-state index in [-0.39, 0.29) is 10.8 Å². The Kier molecular flexibility index (Phi) is 4.85. The molecule has 0 saturated heterocycles. The van der Waals surface area contributed by atoms with E-state index in [0.29, 0.717) is 17.7 Å². The number of aryl methyl sites for hydroxylation is 1. The lowest BCUT2D eigenvalue weighted by Crippen LogP contribution is -2.13. The molecule has 6 heteroatoms. The molecular weight excluding hydrogens is 298 g/mol. The lowest BCUT2D eigenvalue weighted by molar-refractivity contribution is 0.102. The second-order valence-electron chi connectivity index (χ2n) is 4.50. The van der Waals surface area contributed by atoms with Crippen molar-refractivity contribution < 1.29 is 13.6 Å². The third kappa shape index (κ3) is 3.98. The number of benzene rings is 1. The summed E-state index contributed by atoms with van der Waals surface area (Å²) in [5.74, 6) is -2.44. The van der Waals surface area contributed by atoms with E-state index < -0.39 is 17.5 Å². The molecule has 0 aliphatic carbocycles. The zero-order valence-corrected chi connectivity index (χ0v) is 12.0. The van der Waals surface area contributed by atoms with Crippen LogP contribution >= 0.6 is 11.6 Å². The number of aromatic nitrogens is 1. The zero-order valence-electron chi connectivity index (χ0n) is 11.3. The van der Waals surface area contributed by atoms with Crippen LogP contribution in [0.5, 0.6) is 0 Å². The topological polar surface area (TPSA) is 42.0 Å². The van der Waals surface area contributed by atoms with Gasteiger partial charge in [0.15, 0.2) is 11.6 Å². The molecule has 2 rings (SSSR count). The van der Waals surface area contributed by atoms with Crippen molar-refractivity contribution in [3.8, 4) is 0 Å². The van der Waals surface area contributed by atoms with Gasteiger partial charge in [0.2, 0.25) is 0 Å². The number of pyridine rings is 1. The van der Waals surface area contributed by atoms with E-state index in [0.717, 1.165) is 18.6 Å². The maximum atomic E-state index is 13.1. The minimum absolute atomic E-state index is 0.170. The van der Waals surface area contributed by atoms with Crippen LogP contribution in [0.1, 0.15) is 29.4 Å². The Morgan fingerprint density at radius 3 is 2.67 bits per heavy atom. The van der Waals surface area contributed by atoms with E-state index in [4.69, 9.17) is 11.6 Å². The molecule has 0 fully saturated rings. The van der Waals surface area contributed by atoms with Crippen molar-refractivity contribution in [1.82, 2.24) is 4.98 Å². The summed E-state index contributed by atoms with van der Waals surface area (Å²) >= 11 is 5.88. The Morgan fingerprint density at radius 1 is 1.24 bits per heavy atom. The van der Waals surface area contributed by atoms with Crippen molar-refractivity contribution in [2.75, 3.05) is 5.32 Å². The fourth-order valence-corrected chi connectivity index (χ4v) is 2.07. The number of amides is 1. The predicted molar refractivity (Wildman–Crippen MR) is 77.6 cm³/mol. The van der Waals surface area contributed by atoms with Crippen LogP contribution in [0.25, 0.3) is 0 Å². The van der Waals surface area contributed by atoms with E-state index in [9.17, 15) is 13.6 Å². The van der Waals surface area contributed by atoms with Gasteiger partial charge < -0.3 is 5.32 Å². The monoisotopic (exact) mass is 310 g/mol. The van der Waals surface area contributed by atoms with Crippen LogP contribution in [0.15, 0.2) is 30.3 Å². The van der Waals surface area contributed by atoms with E-state index in [2.05, 4.69) is 10.3 Å². The van der Waals surface area contributed by atoms with Crippen molar-refractivity contribution in [1.29, 1.82) is 0 Å². The second-order valence-corrected chi connectivity index (χ2v) is 4.89. The van der Waals surface area contributed by atoms with Crippen LogP contribution in [0.2, 0.25) is 5.15 Å². The van der Waals surface area contributed by atoms with Gasteiger partial charge in [-0.05, 0) is 30.7 Å². The summed E-state index contributed by atoms with van der Waals surface area (Å²) in [6, 6.07) is 6.21. The lowest BCUT2D eigenvalue weighted by atomic mass is 10.1. The first-order valence-corrected chi connectivity index (χ1v) is 6.80. The third-order valence-electron chi connectivity index (χ3n) is 2.79. The minimum Gasteiger partial charge on any atom is -0.322 e. The van der Waals surface area contributed by atoms with Crippen LogP contribution in [0.4, 0.5) is 14.5 Å². The highest BCUT2D eigenvalue weighted by Gasteiger charge is 2.11. The Hall–Kier alpha value is -2.01. The molecular formula is C15H13ClF2N2O. The molecule has 0 saturated carbocycles. The summed E-state index contributed by atoms with van der Waals surface area (Å²) in [4.78, 5) is 16.2. The molecule has 0 atom stereocenters. The molecule has 110 valence electrons. The summed E-state index contributed by atoms with van der Waals surface area (Å²) in [5.41, 5.74) is 1.20. The van der Waals surface area contributed by atoms with Crippen molar-refractivity contribution in [2.45, 2.75) is 19.8 Å². The highest BCUT2D eigenvalue weighted by atomic mass is 35.5. The minimum atomic E-state index is -1.02. The van der Waals surface area contributed by atoms with Crippen molar-refractivity contribution in [2.24, 2.45) is 0 Å². The van der Waals surface area contributed by atoms with Gasteiger partial charge in [0.25, 0.3) is 5.91 Å². The lowest BCUT2D eigenvalue weighted by Gasteiger charge is -2.07. The van der Waals surface area contributed by atoms with E-state index in [1.54, 1.807) is 6.07 Å². The molecule has 0 spiro atoms. The summed E-state index contributed by atoms with van der Waals surface area (Å²) in [7, 11) is 0. The number of hydrogen-bond donors (Lipinski definition) is 1. The van der Waals surface area contributed by atoms with E-state index >= 15 is 0 Å². The highest BCUT2D eigenvalue weighted by molar-refractivity contribution is 6.29. The summed E-state index contributed by atoms with van der Waals surface area (Å²) < 4.78 is 25.9. The molecule has 1 heterocycles. The Morgan fingerprint density at radius 2 is 2.00 bits per heavy atom. The summed E-state index contributed by atoms with van der Waals surface area (Å²) in [5, 5.41) is 2.71. The Labute approximate surface area is 126 Å². The van der Waals surface area contributed by atoms with Gasteiger partial charge in [-0.3, -0.25) is 4.79 Å². The van der Waals surface area contributed by atoms with Crippen molar-refractivity contribution in [3.05, 3.63) is 58.4 Å². The first kappa shape index (κ1) is 15.4. The first-order chi connectivity index (χ1) is 9.99. The van der Waals surface area contributed by atoms with Crippen molar-refractivity contribution >= 4 is 23.2 Å². The highest BCUT2D eigenvalue weighted by Crippen LogP contribution is 2.17. The normalized spacial score (nSPS) is 10.5. The maximum absolute atomic E-state index is 13.1. The average molecular weight is 311 g/mol. The van der Waals surface area contributed by atoms with Crippen LogP contribution in [-0.2, 0) is 6.42 Å². The van der Waals surface area contributed by atoms with Gasteiger partial charge in [-0.2, -0.15) is 0 Å². The van der Waals surface area contributed by atoms with Gasteiger partial charge in [0.1, 0.15) is 5.15 Å². The largest absolute Gasteiger partial charge is 0.322 e. The second kappa shape index (κ2) is 6.63. The van der Waals surface area contributed by atoms with Gasteiger partial charge in [-0.25, -0.2) is 13.8 Å². The van der Waals surface area contributed by atoms with Gasteiger partial charge >= 0.3 is 0 Å². The smallest absolute Gasteiger partial charge is 0.255 e. The Balaban J connectivity index is 2.21. The molecule has 1 aromatic carbocycles. The zero-order chi connectivity index (χ0) is 15.4. The van der Waals surface area contributed by atoms with Crippen LogP contribution in [0, 0.1) is 11.6 Å². The molecule has 1 amide bonds. The number of nitrogens with one attached hydrogen (secondary N) is 1. The van der Waals surface area contributed by atoms with Gasteiger partial charge in [-0.1, -0.05) is 24.9 Å². The SMILES string of the molecule is CCCc1cc(C(=O)Nc2ccc(F)c(F)c2)cc(Cl)n1. The Bertz CT molecular complexity index is 677. The molecule has 0 unspecified atom stereocenters. The van der Waals surface area contributed by atoms with Gasteiger partial charge in [0, 0.05) is 23.0 Å². The molecule has 0 bridgehead atoms. The summed E-state index contributed by atoms with van der Waals surface area (Å²) in [6.45, 7) is 1.99. The van der Waals surface area contributed by atoms with Crippen LogP contribution < -0.4 is 5.32 Å². The fraction of sp³-hybridized carbons (Fsp3) is 0.200. The predicted octanol–water partition coefficient (Wildman–Crippen LogP) is 4.22. The number of hydrogen-bond acceptors (Lipinski definition) is 2. The molecule has 1 N–H and O–H groups in total. The van der Waals surface area contributed by atoms with Gasteiger partial charge in [0.05, 0.1) is 0 Å². The van der Waals surface area contributed by atoms with E-state index in [1.807, 2.05) is 6.92 Å². The first-order valence-electron chi connectivity index (χ1n) is 6.42. The standard InChI is InChI=1S/C15H13ClF2N2O/c1-2-3-10-6-9(7-14(16)19-10)15(21)20-11-4-5-12(17)13(18)8-11/h4-8H,2-3H2,1H3,(H,20,21). The number of halogens is 3. The fourth-order valence-electron chi connectivity index (χ4n) is 1.84. The average Bonchev–Trinajstić information content (AvgIpc) is 2.42. The third-order valence-corrected chi connectivity index (χ3v) is 2.99. The maximum Gasteiger partial charge on any atom is 0.255 e. The number of anilines is 1. The number of carbonyl (C=O) groups is 1. The molecule has 2 aromatic rings. The number of nitrogens with zero attached hydrogens (tertiary/aromatic N) is 1. The van der Waals surface area contributed by atoms with E-state index in [1.165, 1.54) is 12.1 Å². The molecule has 3 nitrogen and oxygen atoms in total. The molecule has 21 heavy (non-hydrogen) atoms. The molecule has 0 aliphatic heterocycles. The van der Waals surface area contributed by atoms with Crippen LogP contribution in [0.3, 0.4) is 0 Å². The van der Waals surface area contributed by atoms with Crippen molar-refractivity contribution in [3.63, 3.8) is 0 Å². The van der Waals surface area contributed by atoms with Gasteiger partial charge in [-0.15, -0.1) is 0 Å². The number of rotatable bonds is 4.